The summed E-state index contributed by atoms with van der Waals surface area (Å²) >= 11 is 6.03. The molecule has 2 N–H and O–H groups in total. The predicted octanol–water partition coefficient (Wildman–Crippen LogP) is 6.21. The number of hydrogen-bond acceptors (Lipinski definition) is 5. The highest BCUT2D eigenvalue weighted by Gasteiger charge is 2.27. The number of alkyl carbamates (subject to hydrolysis) is 1. The molecule has 0 aliphatic rings. The maximum absolute atomic E-state index is 13.1. The zero-order valence-electron chi connectivity index (χ0n) is 21.5. The van der Waals surface area contributed by atoms with Crippen molar-refractivity contribution in [3.05, 3.63) is 77.0 Å². The largest absolute Gasteiger partial charge is 0.444 e. The molecule has 2 aromatic carbocycles. The van der Waals surface area contributed by atoms with Crippen molar-refractivity contribution in [2.45, 2.75) is 72.1 Å². The standard InChI is InChI=1S/C28H37ClN2O4/c1-18(2)15-24(26(32)34-25-14-13-22(29)16-19(25)3)30-20(4)23(17-21-11-9-8-10-12-21)31-27(33)35-28(5,6)7/h8-14,16,18,23-24,30H,4,15,17H2,1-3,5-7H3,(H,31,33)/t23-,24-/m0/s1. The zero-order chi connectivity index (χ0) is 26.2. The van der Waals surface area contributed by atoms with Crippen molar-refractivity contribution in [2.75, 3.05) is 0 Å². The molecule has 190 valence electrons. The van der Waals surface area contributed by atoms with E-state index in [-0.39, 0.29) is 5.92 Å². The highest BCUT2D eigenvalue weighted by atomic mass is 35.5. The van der Waals surface area contributed by atoms with Gasteiger partial charge in [-0.3, -0.25) is 0 Å². The van der Waals surface area contributed by atoms with Crippen LogP contribution in [-0.2, 0) is 16.0 Å². The van der Waals surface area contributed by atoms with Gasteiger partial charge in [0.2, 0.25) is 0 Å². The molecule has 0 heterocycles. The molecule has 0 fully saturated rings. The lowest BCUT2D eigenvalue weighted by molar-refractivity contribution is -0.137. The first-order valence-electron chi connectivity index (χ1n) is 11.8. The van der Waals surface area contributed by atoms with Crippen LogP contribution in [0.25, 0.3) is 0 Å². The van der Waals surface area contributed by atoms with Gasteiger partial charge >= 0.3 is 12.1 Å². The van der Waals surface area contributed by atoms with E-state index >= 15 is 0 Å². The highest BCUT2D eigenvalue weighted by molar-refractivity contribution is 6.30. The molecule has 2 aromatic rings. The Balaban J connectivity index is 2.21. The summed E-state index contributed by atoms with van der Waals surface area (Å²) in [5.74, 6) is 0.236. The second kappa shape index (κ2) is 12.6. The summed E-state index contributed by atoms with van der Waals surface area (Å²) in [6.45, 7) is 15.5. The van der Waals surface area contributed by atoms with E-state index in [2.05, 4.69) is 17.2 Å². The number of rotatable bonds is 10. The average Bonchev–Trinajstić information content (AvgIpc) is 2.73. The van der Waals surface area contributed by atoms with E-state index in [1.54, 1.807) is 39.0 Å². The normalized spacial score (nSPS) is 13.0. The molecule has 0 radical (unpaired) electrons. The molecule has 0 saturated heterocycles. The van der Waals surface area contributed by atoms with Crippen LogP contribution in [0.5, 0.6) is 5.75 Å². The van der Waals surface area contributed by atoms with Crippen LogP contribution in [0.4, 0.5) is 4.79 Å². The Labute approximate surface area is 214 Å². The number of nitrogens with one attached hydrogen (secondary N) is 2. The molecule has 1 amide bonds. The minimum Gasteiger partial charge on any atom is -0.444 e. The molecule has 0 saturated carbocycles. The molecule has 0 unspecified atom stereocenters. The third-order valence-electron chi connectivity index (χ3n) is 5.09. The monoisotopic (exact) mass is 500 g/mol. The number of halogens is 1. The maximum Gasteiger partial charge on any atom is 0.408 e. The summed E-state index contributed by atoms with van der Waals surface area (Å²) in [5.41, 5.74) is 1.63. The van der Waals surface area contributed by atoms with E-state index in [1.807, 2.05) is 51.1 Å². The Kier molecular flexibility index (Phi) is 10.2. The Morgan fingerprint density at radius 3 is 2.26 bits per heavy atom. The van der Waals surface area contributed by atoms with Crippen LogP contribution in [0.3, 0.4) is 0 Å². The van der Waals surface area contributed by atoms with Gasteiger partial charge in [-0.25, -0.2) is 9.59 Å². The smallest absolute Gasteiger partial charge is 0.408 e. The van der Waals surface area contributed by atoms with E-state index in [1.165, 1.54) is 0 Å². The second-order valence-electron chi connectivity index (χ2n) is 10.1. The van der Waals surface area contributed by atoms with Crippen molar-refractivity contribution in [3.63, 3.8) is 0 Å². The van der Waals surface area contributed by atoms with Gasteiger partial charge in [0.1, 0.15) is 17.4 Å². The number of carbonyl (C=O) groups excluding carboxylic acids is 2. The van der Waals surface area contributed by atoms with Gasteiger partial charge in [-0.05, 0) is 75.8 Å². The fraction of sp³-hybridized carbons (Fsp3) is 0.429. The van der Waals surface area contributed by atoms with Gasteiger partial charge in [0.05, 0.1) is 6.04 Å². The van der Waals surface area contributed by atoms with Gasteiger partial charge in [0.25, 0.3) is 0 Å². The van der Waals surface area contributed by atoms with E-state index in [0.29, 0.717) is 29.3 Å². The van der Waals surface area contributed by atoms with Gasteiger partial charge in [-0.1, -0.05) is 62.4 Å². The lowest BCUT2D eigenvalue weighted by Gasteiger charge is -2.28. The molecule has 2 atom stereocenters. The Hall–Kier alpha value is -2.99. The van der Waals surface area contributed by atoms with E-state index < -0.39 is 29.7 Å². The van der Waals surface area contributed by atoms with Crippen molar-refractivity contribution in [2.24, 2.45) is 5.92 Å². The zero-order valence-corrected chi connectivity index (χ0v) is 22.2. The van der Waals surface area contributed by atoms with Crippen LogP contribution >= 0.6 is 11.6 Å². The Bertz CT molecular complexity index is 1020. The molecule has 35 heavy (non-hydrogen) atoms. The van der Waals surface area contributed by atoms with Crippen molar-refractivity contribution >= 4 is 23.7 Å². The molecular weight excluding hydrogens is 464 g/mol. The molecule has 2 rings (SSSR count). The fourth-order valence-corrected chi connectivity index (χ4v) is 3.70. The van der Waals surface area contributed by atoms with Gasteiger partial charge in [0, 0.05) is 10.7 Å². The maximum atomic E-state index is 13.1. The minimum atomic E-state index is -0.656. The van der Waals surface area contributed by atoms with Gasteiger partial charge in [0.15, 0.2) is 0 Å². The lowest BCUT2D eigenvalue weighted by Crippen LogP contribution is -2.48. The average molecular weight is 501 g/mol. The van der Waals surface area contributed by atoms with Crippen molar-refractivity contribution in [1.82, 2.24) is 10.6 Å². The molecular formula is C28H37ClN2O4. The highest BCUT2D eigenvalue weighted by Crippen LogP contribution is 2.23. The topological polar surface area (TPSA) is 76.7 Å². The van der Waals surface area contributed by atoms with Crippen LogP contribution in [0.15, 0.2) is 60.8 Å². The van der Waals surface area contributed by atoms with Crippen molar-refractivity contribution in [1.29, 1.82) is 0 Å². The van der Waals surface area contributed by atoms with Crippen LogP contribution in [0.2, 0.25) is 5.02 Å². The number of amides is 1. The first-order valence-corrected chi connectivity index (χ1v) is 12.2. The van der Waals surface area contributed by atoms with E-state index in [4.69, 9.17) is 21.1 Å². The Morgan fingerprint density at radius 2 is 1.69 bits per heavy atom. The SMILES string of the molecule is C=C(N[C@@H](CC(C)C)C(=O)Oc1ccc(Cl)cc1C)[C@H](Cc1ccccc1)NC(=O)OC(C)(C)C. The fourth-order valence-electron chi connectivity index (χ4n) is 3.48. The lowest BCUT2D eigenvalue weighted by atomic mass is 10.0. The van der Waals surface area contributed by atoms with Crippen LogP contribution in [0.1, 0.15) is 52.2 Å². The number of esters is 1. The summed E-state index contributed by atoms with van der Waals surface area (Å²) in [4.78, 5) is 25.7. The summed E-state index contributed by atoms with van der Waals surface area (Å²) in [6, 6.07) is 13.7. The number of hydrogen-bond donors (Lipinski definition) is 2. The third-order valence-corrected chi connectivity index (χ3v) is 5.33. The summed E-state index contributed by atoms with van der Waals surface area (Å²) < 4.78 is 11.1. The number of carbonyl (C=O) groups is 2. The number of benzene rings is 2. The summed E-state index contributed by atoms with van der Waals surface area (Å²) in [7, 11) is 0. The second-order valence-corrected chi connectivity index (χ2v) is 10.5. The first-order chi connectivity index (χ1) is 16.3. The van der Waals surface area contributed by atoms with Crippen LogP contribution in [-0.4, -0.2) is 29.7 Å². The summed E-state index contributed by atoms with van der Waals surface area (Å²) in [6.07, 6.45) is 0.446. The molecule has 0 spiro atoms. The van der Waals surface area contributed by atoms with Crippen molar-refractivity contribution in [3.8, 4) is 5.75 Å². The first kappa shape index (κ1) is 28.2. The molecule has 0 bridgehead atoms. The number of ether oxygens (including phenoxy) is 2. The van der Waals surface area contributed by atoms with Gasteiger partial charge in [-0.15, -0.1) is 0 Å². The molecule has 6 nitrogen and oxygen atoms in total. The third kappa shape index (κ3) is 10.0. The van der Waals surface area contributed by atoms with Crippen molar-refractivity contribution < 1.29 is 19.1 Å². The van der Waals surface area contributed by atoms with Gasteiger partial charge < -0.3 is 20.1 Å². The Morgan fingerprint density at radius 1 is 1.03 bits per heavy atom. The quantitative estimate of drug-likeness (QED) is 0.299. The van der Waals surface area contributed by atoms with E-state index in [0.717, 1.165) is 11.1 Å². The van der Waals surface area contributed by atoms with Crippen LogP contribution < -0.4 is 15.4 Å². The molecule has 0 aliphatic heterocycles. The molecule has 7 heteroatoms. The van der Waals surface area contributed by atoms with E-state index in [9.17, 15) is 9.59 Å². The summed E-state index contributed by atoms with van der Waals surface area (Å²) in [5, 5.41) is 6.69. The molecule has 0 aliphatic carbocycles. The predicted molar refractivity (Wildman–Crippen MR) is 141 cm³/mol. The van der Waals surface area contributed by atoms with Crippen LogP contribution in [0, 0.1) is 12.8 Å². The minimum absolute atomic E-state index is 0.213. The molecule has 0 aromatic heterocycles. The number of aryl methyl sites for hydroxylation is 1. The van der Waals surface area contributed by atoms with Gasteiger partial charge in [-0.2, -0.15) is 0 Å².